The SMILES string of the molecule is CCN1C(=O)COc2c(N3CCNCC3)cccc21. The van der Waals surface area contributed by atoms with Crippen molar-refractivity contribution in [3.63, 3.8) is 0 Å². The molecule has 5 heteroatoms. The summed E-state index contributed by atoms with van der Waals surface area (Å²) in [5, 5.41) is 3.34. The molecule has 0 spiro atoms. The molecule has 0 atom stereocenters. The number of nitrogens with one attached hydrogen (secondary N) is 1. The lowest BCUT2D eigenvalue weighted by atomic mass is 10.1. The van der Waals surface area contributed by atoms with Gasteiger partial charge in [0, 0.05) is 32.7 Å². The highest BCUT2D eigenvalue weighted by molar-refractivity contribution is 5.99. The molecule has 0 saturated carbocycles. The quantitative estimate of drug-likeness (QED) is 0.857. The Labute approximate surface area is 113 Å². The summed E-state index contributed by atoms with van der Waals surface area (Å²) in [6.07, 6.45) is 0. The Morgan fingerprint density at radius 2 is 2.00 bits per heavy atom. The van der Waals surface area contributed by atoms with Crippen molar-refractivity contribution in [3.8, 4) is 5.75 Å². The number of nitrogens with zero attached hydrogens (tertiary/aromatic N) is 2. The van der Waals surface area contributed by atoms with Gasteiger partial charge in [0.2, 0.25) is 0 Å². The van der Waals surface area contributed by atoms with E-state index in [0.29, 0.717) is 6.54 Å². The molecule has 1 aromatic carbocycles. The van der Waals surface area contributed by atoms with Gasteiger partial charge in [-0.15, -0.1) is 0 Å². The molecular formula is C14H19N3O2. The van der Waals surface area contributed by atoms with Crippen LogP contribution in [0.5, 0.6) is 5.75 Å². The Hall–Kier alpha value is -1.75. The number of carbonyl (C=O) groups is 1. The van der Waals surface area contributed by atoms with Crippen molar-refractivity contribution in [2.75, 3.05) is 49.1 Å². The van der Waals surface area contributed by atoms with Crippen LogP contribution in [-0.2, 0) is 4.79 Å². The van der Waals surface area contributed by atoms with Crippen molar-refractivity contribution in [3.05, 3.63) is 18.2 Å². The monoisotopic (exact) mass is 261 g/mol. The highest BCUT2D eigenvalue weighted by Crippen LogP contribution is 2.40. The van der Waals surface area contributed by atoms with E-state index in [1.165, 1.54) is 0 Å². The second-order valence-corrected chi connectivity index (χ2v) is 4.79. The van der Waals surface area contributed by atoms with Crippen molar-refractivity contribution >= 4 is 17.3 Å². The zero-order valence-electron chi connectivity index (χ0n) is 11.2. The molecule has 2 heterocycles. The van der Waals surface area contributed by atoms with Crippen LogP contribution in [0.3, 0.4) is 0 Å². The van der Waals surface area contributed by atoms with E-state index < -0.39 is 0 Å². The van der Waals surface area contributed by atoms with Crippen LogP contribution in [-0.4, -0.2) is 45.2 Å². The fourth-order valence-electron chi connectivity index (χ4n) is 2.72. The maximum absolute atomic E-state index is 11.9. The van der Waals surface area contributed by atoms with Gasteiger partial charge < -0.3 is 19.9 Å². The van der Waals surface area contributed by atoms with Gasteiger partial charge in [-0.3, -0.25) is 4.79 Å². The van der Waals surface area contributed by atoms with Crippen molar-refractivity contribution in [1.82, 2.24) is 5.32 Å². The lowest BCUT2D eigenvalue weighted by Crippen LogP contribution is -2.44. The lowest BCUT2D eigenvalue weighted by Gasteiger charge is -2.35. The first-order valence-electron chi connectivity index (χ1n) is 6.83. The Morgan fingerprint density at radius 3 is 2.74 bits per heavy atom. The third-order valence-corrected chi connectivity index (χ3v) is 3.68. The van der Waals surface area contributed by atoms with E-state index in [-0.39, 0.29) is 12.5 Å². The van der Waals surface area contributed by atoms with Crippen LogP contribution in [0, 0.1) is 0 Å². The number of hydrogen-bond donors (Lipinski definition) is 1. The molecule has 3 rings (SSSR count). The van der Waals surface area contributed by atoms with Gasteiger partial charge in [0.1, 0.15) is 0 Å². The first kappa shape index (κ1) is 12.3. The third kappa shape index (κ3) is 2.14. The largest absolute Gasteiger partial charge is 0.479 e. The molecule has 0 aromatic heterocycles. The molecule has 5 nitrogen and oxygen atoms in total. The standard InChI is InChI=1S/C14H19N3O2/c1-2-17-12-5-3-4-11(14(12)19-10-13(17)18)16-8-6-15-7-9-16/h3-5,15H,2,6-10H2,1H3. The smallest absolute Gasteiger partial charge is 0.265 e. The van der Waals surface area contributed by atoms with Crippen LogP contribution in [0.4, 0.5) is 11.4 Å². The molecule has 102 valence electrons. The number of fused-ring (bicyclic) bond motifs is 1. The van der Waals surface area contributed by atoms with Crippen LogP contribution in [0.15, 0.2) is 18.2 Å². The third-order valence-electron chi connectivity index (χ3n) is 3.68. The molecule has 1 amide bonds. The Morgan fingerprint density at radius 1 is 1.26 bits per heavy atom. The Balaban J connectivity index is 1.98. The normalized spacial score (nSPS) is 19.1. The maximum Gasteiger partial charge on any atom is 0.265 e. The summed E-state index contributed by atoms with van der Waals surface area (Å²) in [7, 11) is 0. The van der Waals surface area contributed by atoms with Gasteiger partial charge in [-0.25, -0.2) is 0 Å². The molecule has 2 aliphatic heterocycles. The number of para-hydroxylation sites is 1. The van der Waals surface area contributed by atoms with E-state index in [1.807, 2.05) is 19.1 Å². The predicted molar refractivity (Wildman–Crippen MR) is 75.0 cm³/mol. The predicted octanol–water partition coefficient (Wildman–Crippen LogP) is 0.842. The van der Waals surface area contributed by atoms with Gasteiger partial charge in [0.05, 0.1) is 11.4 Å². The van der Waals surface area contributed by atoms with Crippen molar-refractivity contribution in [2.45, 2.75) is 6.92 Å². The van der Waals surface area contributed by atoms with Crippen LogP contribution in [0.2, 0.25) is 0 Å². The van der Waals surface area contributed by atoms with Crippen LogP contribution in [0.1, 0.15) is 6.92 Å². The van der Waals surface area contributed by atoms with Gasteiger partial charge in [-0.2, -0.15) is 0 Å². The maximum atomic E-state index is 11.9. The molecule has 2 aliphatic rings. The number of carbonyl (C=O) groups excluding carboxylic acids is 1. The molecule has 0 radical (unpaired) electrons. The van der Waals surface area contributed by atoms with Crippen LogP contribution >= 0.6 is 0 Å². The van der Waals surface area contributed by atoms with Gasteiger partial charge in [-0.1, -0.05) is 6.07 Å². The minimum Gasteiger partial charge on any atom is -0.479 e. The zero-order valence-corrected chi connectivity index (χ0v) is 11.2. The molecule has 19 heavy (non-hydrogen) atoms. The average molecular weight is 261 g/mol. The molecular weight excluding hydrogens is 242 g/mol. The number of benzene rings is 1. The Kier molecular flexibility index (Phi) is 3.29. The minimum absolute atomic E-state index is 0.0347. The molecule has 1 saturated heterocycles. The first-order chi connectivity index (χ1) is 9.31. The van der Waals surface area contributed by atoms with E-state index in [4.69, 9.17) is 4.74 Å². The van der Waals surface area contributed by atoms with Gasteiger partial charge in [0.15, 0.2) is 12.4 Å². The van der Waals surface area contributed by atoms with E-state index >= 15 is 0 Å². The highest BCUT2D eigenvalue weighted by Gasteiger charge is 2.28. The van der Waals surface area contributed by atoms with Gasteiger partial charge in [-0.05, 0) is 19.1 Å². The summed E-state index contributed by atoms with van der Waals surface area (Å²) >= 11 is 0. The second kappa shape index (κ2) is 5.09. The number of anilines is 2. The van der Waals surface area contributed by atoms with E-state index in [1.54, 1.807) is 4.90 Å². The van der Waals surface area contributed by atoms with Crippen molar-refractivity contribution in [1.29, 1.82) is 0 Å². The van der Waals surface area contributed by atoms with Gasteiger partial charge in [0.25, 0.3) is 5.91 Å². The molecule has 0 aliphatic carbocycles. The summed E-state index contributed by atoms with van der Waals surface area (Å²) in [6, 6.07) is 6.04. The number of hydrogen-bond acceptors (Lipinski definition) is 4. The number of amides is 1. The summed E-state index contributed by atoms with van der Waals surface area (Å²) in [6.45, 7) is 6.73. The van der Waals surface area contributed by atoms with Crippen LogP contribution < -0.4 is 19.9 Å². The fraction of sp³-hybridized carbons (Fsp3) is 0.500. The van der Waals surface area contributed by atoms with Crippen LogP contribution in [0.25, 0.3) is 0 Å². The topological polar surface area (TPSA) is 44.8 Å². The molecule has 1 fully saturated rings. The average Bonchev–Trinajstić information content (AvgIpc) is 2.47. The van der Waals surface area contributed by atoms with Gasteiger partial charge >= 0.3 is 0 Å². The minimum atomic E-state index is 0.0347. The first-order valence-corrected chi connectivity index (χ1v) is 6.83. The van der Waals surface area contributed by atoms with Crippen molar-refractivity contribution < 1.29 is 9.53 Å². The second-order valence-electron chi connectivity index (χ2n) is 4.79. The fourth-order valence-corrected chi connectivity index (χ4v) is 2.72. The van der Waals surface area contributed by atoms with E-state index in [2.05, 4.69) is 16.3 Å². The van der Waals surface area contributed by atoms with E-state index in [0.717, 1.165) is 43.3 Å². The van der Waals surface area contributed by atoms with Crippen molar-refractivity contribution in [2.24, 2.45) is 0 Å². The number of ether oxygens (including phenoxy) is 1. The highest BCUT2D eigenvalue weighted by atomic mass is 16.5. The zero-order chi connectivity index (χ0) is 13.2. The molecule has 1 N–H and O–H groups in total. The number of likely N-dealkylation sites (N-methyl/N-ethyl adjacent to an activating group) is 1. The summed E-state index contributed by atoms with van der Waals surface area (Å²) < 4.78 is 5.70. The van der Waals surface area contributed by atoms with E-state index in [9.17, 15) is 4.79 Å². The number of piperazine rings is 1. The number of rotatable bonds is 2. The summed E-state index contributed by atoms with van der Waals surface area (Å²) in [5.74, 6) is 0.887. The molecule has 0 bridgehead atoms. The lowest BCUT2D eigenvalue weighted by molar-refractivity contribution is -0.121. The summed E-state index contributed by atoms with van der Waals surface area (Å²) in [5.41, 5.74) is 2.00. The molecule has 1 aromatic rings. The Bertz CT molecular complexity index is 484. The summed E-state index contributed by atoms with van der Waals surface area (Å²) in [4.78, 5) is 16.0. The molecule has 0 unspecified atom stereocenters.